The van der Waals surface area contributed by atoms with Gasteiger partial charge in [0, 0.05) is 24.5 Å². The van der Waals surface area contributed by atoms with Crippen LogP contribution in [0.4, 0.5) is 0 Å². The number of carbonyl (C=O) groups excluding carboxylic acids is 1. The summed E-state index contributed by atoms with van der Waals surface area (Å²) in [6.45, 7) is 6.05. The summed E-state index contributed by atoms with van der Waals surface area (Å²) in [7, 11) is 0. The Hall–Kier alpha value is -0.650. The van der Waals surface area contributed by atoms with Crippen molar-refractivity contribution in [3.05, 3.63) is 0 Å². The number of amides is 1. The third kappa shape index (κ3) is 1.35. The Morgan fingerprint density at radius 1 is 1.33 bits per heavy atom. The molecule has 0 aromatic carbocycles. The van der Waals surface area contributed by atoms with Gasteiger partial charge in [0.1, 0.15) is 5.54 Å². The second-order valence-electron chi connectivity index (χ2n) is 6.22. The van der Waals surface area contributed by atoms with E-state index in [9.17, 15) is 4.79 Å². The van der Waals surface area contributed by atoms with Gasteiger partial charge in [-0.1, -0.05) is 13.8 Å². The normalized spacial score (nSPS) is 42.3. The molecule has 3 unspecified atom stereocenters. The largest absolute Gasteiger partial charge is 0.377 e. The van der Waals surface area contributed by atoms with Crippen molar-refractivity contribution in [2.45, 2.75) is 44.8 Å². The number of fused-ring (bicyclic) bond motifs is 1. The van der Waals surface area contributed by atoms with Crippen LogP contribution in [0.3, 0.4) is 0 Å². The first kappa shape index (κ1) is 12.4. The van der Waals surface area contributed by atoms with E-state index in [2.05, 4.69) is 0 Å². The van der Waals surface area contributed by atoms with Gasteiger partial charge in [0.2, 0.25) is 0 Å². The van der Waals surface area contributed by atoms with Gasteiger partial charge in [-0.2, -0.15) is 0 Å². The molecule has 5 nitrogen and oxygen atoms in total. The summed E-state index contributed by atoms with van der Waals surface area (Å²) in [5.74, 6) is 0.0875. The Balaban J connectivity index is 1.83. The number of ether oxygens (including phenoxy) is 1. The van der Waals surface area contributed by atoms with Crippen LogP contribution in [0.5, 0.6) is 0 Å². The van der Waals surface area contributed by atoms with Crippen molar-refractivity contribution in [2.75, 3.05) is 19.8 Å². The van der Waals surface area contributed by atoms with E-state index in [1.54, 1.807) is 0 Å². The van der Waals surface area contributed by atoms with E-state index in [1.807, 2.05) is 13.8 Å². The van der Waals surface area contributed by atoms with E-state index in [1.165, 1.54) is 5.06 Å². The van der Waals surface area contributed by atoms with Crippen LogP contribution in [0.25, 0.3) is 0 Å². The second kappa shape index (κ2) is 3.92. The van der Waals surface area contributed by atoms with Gasteiger partial charge >= 0.3 is 0 Å². The SMILES string of the molecule is CC1(C)C2OCCC2C1(N)C(=O)N1CCCCO1. The summed E-state index contributed by atoms with van der Waals surface area (Å²) < 4.78 is 5.71. The van der Waals surface area contributed by atoms with Crippen molar-refractivity contribution in [1.82, 2.24) is 5.06 Å². The summed E-state index contributed by atoms with van der Waals surface area (Å²) in [4.78, 5) is 18.1. The average Bonchev–Trinajstić information content (AvgIpc) is 2.86. The zero-order valence-corrected chi connectivity index (χ0v) is 11.1. The third-order valence-corrected chi connectivity index (χ3v) is 5.04. The monoisotopic (exact) mass is 254 g/mol. The molecular weight excluding hydrogens is 232 g/mol. The lowest BCUT2D eigenvalue weighted by atomic mass is 9.48. The summed E-state index contributed by atoms with van der Waals surface area (Å²) in [6.07, 6.45) is 3.01. The van der Waals surface area contributed by atoms with E-state index < -0.39 is 5.54 Å². The molecule has 2 heterocycles. The highest BCUT2D eigenvalue weighted by Crippen LogP contribution is 2.58. The minimum atomic E-state index is -0.828. The standard InChI is InChI=1S/C13H22N2O3/c1-12(2)10-9(5-8-17-10)13(12,14)11(16)15-6-3-4-7-18-15/h9-10H,3-8,14H2,1-2H3. The van der Waals surface area contributed by atoms with E-state index in [0.717, 1.165) is 19.3 Å². The molecule has 5 heteroatoms. The highest BCUT2D eigenvalue weighted by molar-refractivity contribution is 5.89. The molecular formula is C13H22N2O3. The third-order valence-electron chi connectivity index (χ3n) is 5.04. The Morgan fingerprint density at radius 3 is 2.78 bits per heavy atom. The molecule has 0 aromatic heterocycles. The number of rotatable bonds is 1. The molecule has 0 aromatic rings. The van der Waals surface area contributed by atoms with E-state index >= 15 is 0 Å². The summed E-state index contributed by atoms with van der Waals surface area (Å²) in [5, 5.41) is 1.49. The van der Waals surface area contributed by atoms with E-state index in [0.29, 0.717) is 19.8 Å². The van der Waals surface area contributed by atoms with Crippen LogP contribution in [-0.4, -0.2) is 42.4 Å². The van der Waals surface area contributed by atoms with Crippen LogP contribution < -0.4 is 5.73 Å². The average molecular weight is 254 g/mol. The highest BCUT2D eigenvalue weighted by atomic mass is 16.7. The summed E-state index contributed by atoms with van der Waals surface area (Å²) >= 11 is 0. The predicted octanol–water partition coefficient (Wildman–Crippen LogP) is 0.683. The fraction of sp³-hybridized carbons (Fsp3) is 0.923. The molecule has 0 spiro atoms. The van der Waals surface area contributed by atoms with Crippen LogP contribution in [0, 0.1) is 11.3 Å². The molecule has 1 saturated carbocycles. The van der Waals surface area contributed by atoms with E-state index in [4.69, 9.17) is 15.3 Å². The van der Waals surface area contributed by atoms with Crippen LogP contribution in [-0.2, 0) is 14.4 Å². The molecule has 1 aliphatic carbocycles. The second-order valence-corrected chi connectivity index (χ2v) is 6.22. The number of hydroxylamine groups is 2. The zero-order valence-electron chi connectivity index (χ0n) is 11.1. The lowest BCUT2D eigenvalue weighted by Gasteiger charge is -2.61. The Kier molecular flexibility index (Phi) is 2.70. The molecule has 3 rings (SSSR count). The highest BCUT2D eigenvalue weighted by Gasteiger charge is 2.72. The molecule has 0 bridgehead atoms. The maximum Gasteiger partial charge on any atom is 0.267 e. The molecule has 2 aliphatic heterocycles. The predicted molar refractivity (Wildman–Crippen MR) is 65.4 cm³/mol. The number of hydrogen-bond donors (Lipinski definition) is 1. The molecule has 2 saturated heterocycles. The molecule has 1 amide bonds. The number of hydrogen-bond acceptors (Lipinski definition) is 4. The van der Waals surface area contributed by atoms with Crippen LogP contribution in [0.1, 0.15) is 33.1 Å². The van der Waals surface area contributed by atoms with Crippen LogP contribution >= 0.6 is 0 Å². The molecule has 3 aliphatic rings. The van der Waals surface area contributed by atoms with Crippen molar-refractivity contribution < 1.29 is 14.4 Å². The quantitative estimate of drug-likeness (QED) is 0.747. The van der Waals surface area contributed by atoms with Gasteiger partial charge in [0.15, 0.2) is 0 Å². The molecule has 0 radical (unpaired) electrons. The Labute approximate surface area is 108 Å². The van der Waals surface area contributed by atoms with Gasteiger partial charge < -0.3 is 10.5 Å². The fourth-order valence-corrected chi connectivity index (χ4v) is 3.78. The van der Waals surface area contributed by atoms with Gasteiger partial charge in [-0.3, -0.25) is 9.63 Å². The molecule has 102 valence electrons. The smallest absolute Gasteiger partial charge is 0.267 e. The lowest BCUT2D eigenvalue weighted by Crippen LogP contribution is -2.80. The van der Waals surface area contributed by atoms with Gasteiger partial charge in [-0.05, 0) is 19.3 Å². The first-order valence-corrected chi connectivity index (χ1v) is 6.85. The molecule has 18 heavy (non-hydrogen) atoms. The maximum atomic E-state index is 12.7. The van der Waals surface area contributed by atoms with Crippen molar-refractivity contribution in [3.63, 3.8) is 0 Å². The summed E-state index contributed by atoms with van der Waals surface area (Å²) in [6, 6.07) is 0. The fourth-order valence-electron chi connectivity index (χ4n) is 3.78. The number of nitrogens with two attached hydrogens (primary N) is 1. The molecule has 2 N–H and O–H groups in total. The van der Waals surface area contributed by atoms with Crippen LogP contribution in [0.15, 0.2) is 0 Å². The maximum absolute atomic E-state index is 12.7. The Bertz CT molecular complexity index is 365. The molecule has 3 atom stereocenters. The van der Waals surface area contributed by atoms with Crippen molar-refractivity contribution in [3.8, 4) is 0 Å². The number of nitrogens with zero attached hydrogens (tertiary/aromatic N) is 1. The van der Waals surface area contributed by atoms with Crippen molar-refractivity contribution in [1.29, 1.82) is 0 Å². The first-order valence-electron chi connectivity index (χ1n) is 6.85. The van der Waals surface area contributed by atoms with E-state index in [-0.39, 0.29) is 23.3 Å². The zero-order chi connectivity index (χ0) is 13.0. The van der Waals surface area contributed by atoms with Gasteiger partial charge in [-0.15, -0.1) is 0 Å². The van der Waals surface area contributed by atoms with Crippen molar-refractivity contribution in [2.24, 2.45) is 17.1 Å². The van der Waals surface area contributed by atoms with Crippen LogP contribution in [0.2, 0.25) is 0 Å². The van der Waals surface area contributed by atoms with Gasteiger partial charge in [-0.25, -0.2) is 5.06 Å². The number of carbonyl (C=O) groups is 1. The minimum Gasteiger partial charge on any atom is -0.377 e. The lowest BCUT2D eigenvalue weighted by molar-refractivity contribution is -0.229. The first-order chi connectivity index (χ1) is 8.49. The topological polar surface area (TPSA) is 64.8 Å². The minimum absolute atomic E-state index is 0.0565. The summed E-state index contributed by atoms with van der Waals surface area (Å²) in [5.41, 5.74) is 5.35. The Morgan fingerprint density at radius 2 is 2.11 bits per heavy atom. The van der Waals surface area contributed by atoms with Crippen molar-refractivity contribution >= 4 is 5.91 Å². The van der Waals surface area contributed by atoms with Gasteiger partial charge in [0.25, 0.3) is 5.91 Å². The van der Waals surface area contributed by atoms with Gasteiger partial charge in [0.05, 0.1) is 12.7 Å². The molecule has 3 fully saturated rings.